The molecule has 2 aromatic rings. The highest BCUT2D eigenvalue weighted by atomic mass is 16.5. The van der Waals surface area contributed by atoms with Crippen LogP contribution in [0.4, 0.5) is 0 Å². The molecule has 3 rings (SSSR count). The maximum Gasteiger partial charge on any atom is 0.164 e. The van der Waals surface area contributed by atoms with Crippen LogP contribution in [-0.4, -0.2) is 46.2 Å². The number of ether oxygens (including phenoxy) is 1. The molecule has 0 N–H and O–H groups in total. The molecule has 2 aromatic heterocycles. The van der Waals surface area contributed by atoms with Gasteiger partial charge in [0.15, 0.2) is 5.65 Å². The largest absolute Gasteiger partial charge is 0.497 e. The Morgan fingerprint density at radius 1 is 1.42 bits per heavy atom. The Bertz CT molecular complexity index is 566. The highest BCUT2D eigenvalue weighted by molar-refractivity contribution is 5.44. The van der Waals surface area contributed by atoms with Gasteiger partial charge < -0.3 is 9.64 Å². The molecule has 0 bridgehead atoms. The van der Waals surface area contributed by atoms with E-state index >= 15 is 0 Å². The lowest BCUT2D eigenvalue weighted by molar-refractivity contribution is 0.340. The maximum absolute atomic E-state index is 5.21. The molecule has 0 amide bonds. The van der Waals surface area contributed by atoms with Gasteiger partial charge in [0.1, 0.15) is 11.6 Å². The van der Waals surface area contributed by atoms with Crippen molar-refractivity contribution in [2.24, 2.45) is 5.92 Å². The van der Waals surface area contributed by atoms with Gasteiger partial charge in [-0.25, -0.2) is 0 Å². The van der Waals surface area contributed by atoms with Crippen molar-refractivity contribution >= 4 is 5.65 Å². The van der Waals surface area contributed by atoms with Crippen molar-refractivity contribution in [3.05, 3.63) is 24.2 Å². The van der Waals surface area contributed by atoms with Gasteiger partial charge in [0, 0.05) is 25.2 Å². The number of hydrogen-bond donors (Lipinski definition) is 0. The molecule has 5 heteroatoms. The predicted molar refractivity (Wildman–Crippen MR) is 73.5 cm³/mol. The van der Waals surface area contributed by atoms with E-state index in [0.717, 1.165) is 30.2 Å². The number of rotatable bonds is 4. The Morgan fingerprint density at radius 2 is 2.32 bits per heavy atom. The Kier molecular flexibility index (Phi) is 3.38. The second-order valence-electron chi connectivity index (χ2n) is 5.16. The summed E-state index contributed by atoms with van der Waals surface area (Å²) in [5.74, 6) is 2.58. The third-order valence-electron chi connectivity index (χ3n) is 3.98. The minimum absolute atomic E-state index is 0.703. The molecule has 1 saturated heterocycles. The van der Waals surface area contributed by atoms with E-state index in [1.807, 2.05) is 18.3 Å². The number of nitrogens with zero attached hydrogens (tertiary/aromatic N) is 4. The second-order valence-corrected chi connectivity index (χ2v) is 5.16. The van der Waals surface area contributed by atoms with Crippen LogP contribution in [0, 0.1) is 5.92 Å². The van der Waals surface area contributed by atoms with E-state index in [1.165, 1.54) is 19.5 Å². The summed E-state index contributed by atoms with van der Waals surface area (Å²) in [5.41, 5.74) is 0.861. The van der Waals surface area contributed by atoms with Crippen LogP contribution in [0.25, 0.3) is 5.65 Å². The van der Waals surface area contributed by atoms with Gasteiger partial charge in [-0.1, -0.05) is 6.92 Å². The van der Waals surface area contributed by atoms with Crippen LogP contribution < -0.4 is 4.74 Å². The van der Waals surface area contributed by atoms with Gasteiger partial charge in [-0.3, -0.25) is 4.40 Å². The van der Waals surface area contributed by atoms with Crippen molar-refractivity contribution in [2.45, 2.75) is 19.8 Å². The van der Waals surface area contributed by atoms with Gasteiger partial charge >= 0.3 is 0 Å². The standard InChI is InChI=1S/C14H20N4O/c1-3-17-6-4-11(10-17)8-13-15-16-14-9-12(19-2)5-7-18(13)14/h5,7,9,11H,3-4,6,8,10H2,1-2H3. The molecule has 102 valence electrons. The molecule has 19 heavy (non-hydrogen) atoms. The summed E-state index contributed by atoms with van der Waals surface area (Å²) in [6.07, 6.45) is 4.26. The van der Waals surface area contributed by atoms with Crippen molar-refractivity contribution in [3.63, 3.8) is 0 Å². The summed E-state index contributed by atoms with van der Waals surface area (Å²) in [6, 6.07) is 3.87. The summed E-state index contributed by atoms with van der Waals surface area (Å²) in [7, 11) is 1.67. The highest BCUT2D eigenvalue weighted by Gasteiger charge is 2.23. The molecule has 1 unspecified atom stereocenters. The second kappa shape index (κ2) is 5.17. The van der Waals surface area contributed by atoms with E-state index < -0.39 is 0 Å². The van der Waals surface area contributed by atoms with Gasteiger partial charge in [0.2, 0.25) is 0 Å². The first kappa shape index (κ1) is 12.4. The Morgan fingerprint density at radius 3 is 3.05 bits per heavy atom. The average molecular weight is 260 g/mol. The fraction of sp³-hybridized carbons (Fsp3) is 0.571. The third-order valence-corrected chi connectivity index (χ3v) is 3.98. The van der Waals surface area contributed by atoms with Crippen molar-refractivity contribution in [3.8, 4) is 5.75 Å². The Balaban J connectivity index is 1.78. The summed E-state index contributed by atoms with van der Waals surface area (Å²) < 4.78 is 7.27. The van der Waals surface area contributed by atoms with E-state index in [2.05, 4.69) is 26.4 Å². The normalized spacial score (nSPS) is 20.2. The molecule has 0 radical (unpaired) electrons. The monoisotopic (exact) mass is 260 g/mol. The van der Waals surface area contributed by atoms with Crippen LogP contribution in [0.2, 0.25) is 0 Å². The number of pyridine rings is 1. The van der Waals surface area contributed by atoms with E-state index in [9.17, 15) is 0 Å². The molecule has 0 saturated carbocycles. The molecule has 1 atom stereocenters. The zero-order valence-electron chi connectivity index (χ0n) is 11.5. The van der Waals surface area contributed by atoms with Crippen LogP contribution in [0.1, 0.15) is 19.2 Å². The minimum atomic E-state index is 0.703. The lowest BCUT2D eigenvalue weighted by atomic mass is 10.0. The molecular weight excluding hydrogens is 240 g/mol. The van der Waals surface area contributed by atoms with Crippen LogP contribution in [0.3, 0.4) is 0 Å². The Hall–Kier alpha value is -1.62. The highest BCUT2D eigenvalue weighted by Crippen LogP contribution is 2.21. The molecule has 0 spiro atoms. The third kappa shape index (κ3) is 2.42. The molecule has 1 aliphatic heterocycles. The number of methoxy groups -OCH3 is 1. The molecule has 0 aromatic carbocycles. The number of aromatic nitrogens is 3. The molecular formula is C14H20N4O. The van der Waals surface area contributed by atoms with Crippen LogP contribution in [-0.2, 0) is 6.42 Å². The van der Waals surface area contributed by atoms with Crippen molar-refractivity contribution in [2.75, 3.05) is 26.7 Å². The number of fused-ring (bicyclic) bond motifs is 1. The SMILES string of the molecule is CCN1CCC(Cc2nnc3cc(OC)ccn23)C1. The first-order chi connectivity index (χ1) is 9.30. The van der Waals surface area contributed by atoms with Crippen molar-refractivity contribution < 1.29 is 4.74 Å². The van der Waals surface area contributed by atoms with Gasteiger partial charge in [-0.05, 0) is 31.5 Å². The summed E-state index contributed by atoms with van der Waals surface area (Å²) >= 11 is 0. The lowest BCUT2D eigenvalue weighted by Gasteiger charge is -2.12. The van der Waals surface area contributed by atoms with Crippen molar-refractivity contribution in [1.29, 1.82) is 0 Å². The summed E-state index contributed by atoms with van der Waals surface area (Å²) in [4.78, 5) is 2.50. The van der Waals surface area contributed by atoms with Crippen LogP contribution in [0.5, 0.6) is 5.75 Å². The smallest absolute Gasteiger partial charge is 0.164 e. The zero-order chi connectivity index (χ0) is 13.2. The van der Waals surface area contributed by atoms with Crippen LogP contribution >= 0.6 is 0 Å². The molecule has 1 aliphatic rings. The molecule has 3 heterocycles. The molecule has 0 aliphatic carbocycles. The fourth-order valence-electron chi connectivity index (χ4n) is 2.81. The zero-order valence-corrected chi connectivity index (χ0v) is 11.5. The van der Waals surface area contributed by atoms with Gasteiger partial charge in [0.05, 0.1) is 7.11 Å². The number of likely N-dealkylation sites (tertiary alicyclic amines) is 1. The number of hydrogen-bond acceptors (Lipinski definition) is 4. The summed E-state index contributed by atoms with van der Waals surface area (Å²) in [5, 5.41) is 8.55. The molecule has 1 fully saturated rings. The Labute approximate surface area is 113 Å². The predicted octanol–water partition coefficient (Wildman–Crippen LogP) is 1.62. The lowest BCUT2D eigenvalue weighted by Crippen LogP contribution is -2.20. The first-order valence-electron chi connectivity index (χ1n) is 6.90. The van der Waals surface area contributed by atoms with E-state index in [-0.39, 0.29) is 0 Å². The average Bonchev–Trinajstić information content (AvgIpc) is 3.06. The van der Waals surface area contributed by atoms with E-state index in [4.69, 9.17) is 4.74 Å². The van der Waals surface area contributed by atoms with E-state index in [0.29, 0.717) is 5.92 Å². The van der Waals surface area contributed by atoms with E-state index in [1.54, 1.807) is 7.11 Å². The maximum atomic E-state index is 5.21. The summed E-state index contributed by atoms with van der Waals surface area (Å²) in [6.45, 7) is 5.77. The van der Waals surface area contributed by atoms with Gasteiger partial charge in [-0.2, -0.15) is 0 Å². The topological polar surface area (TPSA) is 42.7 Å². The fourth-order valence-corrected chi connectivity index (χ4v) is 2.81. The quantitative estimate of drug-likeness (QED) is 0.838. The van der Waals surface area contributed by atoms with Gasteiger partial charge in [0.25, 0.3) is 0 Å². The molecule has 5 nitrogen and oxygen atoms in total. The minimum Gasteiger partial charge on any atom is -0.497 e. The van der Waals surface area contributed by atoms with Crippen molar-refractivity contribution in [1.82, 2.24) is 19.5 Å². The van der Waals surface area contributed by atoms with Crippen LogP contribution in [0.15, 0.2) is 18.3 Å². The van der Waals surface area contributed by atoms with Gasteiger partial charge in [-0.15, -0.1) is 10.2 Å². The first-order valence-corrected chi connectivity index (χ1v) is 6.90.